The maximum Gasteiger partial charge on any atom is 0.347 e. The lowest BCUT2D eigenvalue weighted by Gasteiger charge is -2.20. The molecule has 3 rings (SSSR count). The van der Waals surface area contributed by atoms with Gasteiger partial charge in [0.05, 0.1) is 12.1 Å². The van der Waals surface area contributed by atoms with E-state index in [1.54, 1.807) is 55.6 Å². The van der Waals surface area contributed by atoms with E-state index in [1.807, 2.05) is 26.8 Å². The van der Waals surface area contributed by atoms with E-state index in [-0.39, 0.29) is 5.69 Å². The number of carbonyl (C=O) groups is 2. The normalized spacial score (nSPS) is 11.0. The Bertz CT molecular complexity index is 1190. The van der Waals surface area contributed by atoms with Crippen LogP contribution in [0.1, 0.15) is 42.3 Å². The summed E-state index contributed by atoms with van der Waals surface area (Å²) in [6, 6.07) is 13.5. The van der Waals surface area contributed by atoms with Gasteiger partial charge >= 0.3 is 17.7 Å². The lowest BCUT2D eigenvalue weighted by atomic mass is 10.1. The van der Waals surface area contributed by atoms with Gasteiger partial charge in [-0.2, -0.15) is 0 Å². The number of aryl methyl sites for hydroxylation is 1. The predicted octanol–water partition coefficient (Wildman–Crippen LogP) is 4.20. The summed E-state index contributed by atoms with van der Waals surface area (Å²) in [5, 5.41) is 5.53. The van der Waals surface area contributed by atoms with Gasteiger partial charge in [0.15, 0.2) is 0 Å². The van der Waals surface area contributed by atoms with E-state index in [1.165, 1.54) is 10.8 Å². The molecule has 8 heteroatoms. The first-order valence-electron chi connectivity index (χ1n) is 10.1. The lowest BCUT2D eigenvalue weighted by molar-refractivity contribution is 0.00688. The van der Waals surface area contributed by atoms with E-state index in [9.17, 15) is 14.4 Å². The number of ether oxygens (including phenoxy) is 1. The molecule has 32 heavy (non-hydrogen) atoms. The van der Waals surface area contributed by atoms with Gasteiger partial charge in [-0.05, 0) is 75.2 Å². The number of carbonyl (C=O) groups excluding carboxylic acids is 2. The van der Waals surface area contributed by atoms with Gasteiger partial charge in [-0.15, -0.1) is 0 Å². The molecule has 0 aliphatic heterocycles. The Morgan fingerprint density at radius 1 is 1.03 bits per heavy atom. The van der Waals surface area contributed by atoms with Crippen LogP contribution in [-0.4, -0.2) is 27.2 Å². The highest BCUT2D eigenvalue weighted by atomic mass is 16.6. The second-order valence-electron chi connectivity index (χ2n) is 8.34. The van der Waals surface area contributed by atoms with Gasteiger partial charge in [-0.3, -0.25) is 4.57 Å². The quantitative estimate of drug-likeness (QED) is 0.586. The number of benzene rings is 2. The number of urea groups is 1. The molecule has 2 aromatic carbocycles. The second kappa shape index (κ2) is 9.47. The number of nitrogens with one attached hydrogen (secondary N) is 2. The van der Waals surface area contributed by atoms with E-state index in [4.69, 9.17) is 4.74 Å². The molecule has 2 N–H and O–H groups in total. The Morgan fingerprint density at radius 2 is 1.75 bits per heavy atom. The van der Waals surface area contributed by atoms with E-state index in [2.05, 4.69) is 15.6 Å². The lowest BCUT2D eigenvalue weighted by Crippen LogP contribution is -2.24. The Labute approximate surface area is 186 Å². The molecule has 0 bridgehead atoms. The molecule has 0 aliphatic carbocycles. The maximum atomic E-state index is 12.4. The molecular formula is C24H26N4O4. The fourth-order valence-electron chi connectivity index (χ4n) is 3.05. The standard InChI is InChI=1S/C24H26N4O4/c1-16-13-19(9-10-20(16)21(29)32-24(2,3)4)27-22(30)26-18-8-5-7-17(14-18)15-28-12-6-11-25-23(28)31/h5-14H,15H2,1-4H3,(H2,26,27,30). The van der Waals surface area contributed by atoms with E-state index in [0.717, 1.165) is 5.56 Å². The van der Waals surface area contributed by atoms with Crippen molar-refractivity contribution < 1.29 is 14.3 Å². The highest BCUT2D eigenvalue weighted by molar-refractivity contribution is 6.00. The zero-order valence-electron chi connectivity index (χ0n) is 18.5. The average molecular weight is 434 g/mol. The van der Waals surface area contributed by atoms with Gasteiger partial charge in [0.2, 0.25) is 0 Å². The number of hydrogen-bond acceptors (Lipinski definition) is 5. The van der Waals surface area contributed by atoms with Gasteiger partial charge < -0.3 is 15.4 Å². The maximum absolute atomic E-state index is 12.4. The molecule has 0 spiro atoms. The molecule has 0 aliphatic rings. The number of rotatable bonds is 5. The van der Waals surface area contributed by atoms with Crippen molar-refractivity contribution in [2.45, 2.75) is 39.8 Å². The van der Waals surface area contributed by atoms with Crippen molar-refractivity contribution in [3.8, 4) is 0 Å². The summed E-state index contributed by atoms with van der Waals surface area (Å²) in [5.74, 6) is -0.407. The van der Waals surface area contributed by atoms with Gasteiger partial charge in [0, 0.05) is 23.8 Å². The minimum Gasteiger partial charge on any atom is -0.456 e. The number of esters is 1. The minimum absolute atomic E-state index is 0.339. The Kier molecular flexibility index (Phi) is 6.73. The van der Waals surface area contributed by atoms with Crippen molar-refractivity contribution in [1.29, 1.82) is 0 Å². The molecule has 3 aromatic rings. The van der Waals surface area contributed by atoms with Gasteiger partial charge in [0.1, 0.15) is 5.60 Å². The topological polar surface area (TPSA) is 102 Å². The molecule has 2 amide bonds. The highest BCUT2D eigenvalue weighted by Crippen LogP contribution is 2.19. The number of nitrogens with zero attached hydrogens (tertiary/aromatic N) is 2. The van der Waals surface area contributed by atoms with Crippen LogP contribution in [0.25, 0.3) is 0 Å². The van der Waals surface area contributed by atoms with Crippen LogP contribution in [0.2, 0.25) is 0 Å². The third-order valence-corrected chi connectivity index (χ3v) is 4.42. The van der Waals surface area contributed by atoms with Gasteiger partial charge in [-0.25, -0.2) is 19.4 Å². The summed E-state index contributed by atoms with van der Waals surface area (Å²) >= 11 is 0. The van der Waals surface area contributed by atoms with Crippen LogP contribution >= 0.6 is 0 Å². The zero-order chi connectivity index (χ0) is 23.3. The van der Waals surface area contributed by atoms with E-state index >= 15 is 0 Å². The highest BCUT2D eigenvalue weighted by Gasteiger charge is 2.19. The first-order chi connectivity index (χ1) is 15.1. The number of aromatic nitrogens is 2. The zero-order valence-corrected chi connectivity index (χ0v) is 18.5. The Hall–Kier alpha value is -3.94. The van der Waals surface area contributed by atoms with E-state index < -0.39 is 17.6 Å². The molecule has 1 heterocycles. The fourth-order valence-corrected chi connectivity index (χ4v) is 3.05. The molecule has 0 fully saturated rings. The van der Waals surface area contributed by atoms with Crippen molar-refractivity contribution >= 4 is 23.4 Å². The SMILES string of the molecule is Cc1cc(NC(=O)Nc2cccc(Cn3cccnc3=O)c2)ccc1C(=O)OC(C)(C)C. The molecule has 0 saturated carbocycles. The van der Waals surface area contributed by atoms with Crippen molar-refractivity contribution in [1.82, 2.24) is 9.55 Å². The van der Waals surface area contributed by atoms with Crippen LogP contribution in [0.15, 0.2) is 65.7 Å². The third kappa shape index (κ3) is 6.28. The first kappa shape index (κ1) is 22.7. The molecule has 1 aromatic heterocycles. The van der Waals surface area contributed by atoms with E-state index in [0.29, 0.717) is 29.0 Å². The van der Waals surface area contributed by atoms with Crippen LogP contribution in [0.3, 0.4) is 0 Å². The number of anilines is 2. The average Bonchev–Trinajstić information content (AvgIpc) is 2.68. The summed E-state index contributed by atoms with van der Waals surface area (Å²) in [5.41, 5.74) is 2.19. The Balaban J connectivity index is 1.65. The predicted molar refractivity (Wildman–Crippen MR) is 123 cm³/mol. The summed E-state index contributed by atoms with van der Waals surface area (Å²) in [6.45, 7) is 7.56. The van der Waals surface area contributed by atoms with Crippen molar-refractivity contribution in [2.75, 3.05) is 10.6 Å². The van der Waals surface area contributed by atoms with Crippen LogP contribution in [0.4, 0.5) is 16.2 Å². The second-order valence-corrected chi connectivity index (χ2v) is 8.34. The molecule has 0 radical (unpaired) electrons. The Morgan fingerprint density at radius 3 is 2.41 bits per heavy atom. The smallest absolute Gasteiger partial charge is 0.347 e. The summed E-state index contributed by atoms with van der Waals surface area (Å²) in [7, 11) is 0. The molecular weight excluding hydrogens is 408 g/mol. The minimum atomic E-state index is -0.584. The van der Waals surface area contributed by atoms with Gasteiger partial charge in [-0.1, -0.05) is 12.1 Å². The van der Waals surface area contributed by atoms with Crippen molar-refractivity contribution in [3.05, 3.63) is 88.1 Å². The first-order valence-corrected chi connectivity index (χ1v) is 10.1. The molecule has 8 nitrogen and oxygen atoms in total. The van der Waals surface area contributed by atoms with Crippen molar-refractivity contribution in [2.24, 2.45) is 0 Å². The number of hydrogen-bond donors (Lipinski definition) is 2. The largest absolute Gasteiger partial charge is 0.456 e. The van der Waals surface area contributed by atoms with Crippen LogP contribution in [0, 0.1) is 6.92 Å². The van der Waals surface area contributed by atoms with Gasteiger partial charge in [0.25, 0.3) is 0 Å². The number of amides is 2. The van der Waals surface area contributed by atoms with Crippen molar-refractivity contribution in [3.63, 3.8) is 0 Å². The molecule has 0 saturated heterocycles. The fraction of sp³-hybridized carbons (Fsp3) is 0.250. The molecule has 166 valence electrons. The summed E-state index contributed by atoms with van der Waals surface area (Å²) < 4.78 is 6.88. The molecule has 0 atom stereocenters. The summed E-state index contributed by atoms with van der Waals surface area (Å²) in [4.78, 5) is 40.3. The summed E-state index contributed by atoms with van der Waals surface area (Å²) in [6.07, 6.45) is 3.11. The molecule has 0 unspecified atom stereocenters. The third-order valence-electron chi connectivity index (χ3n) is 4.42. The monoisotopic (exact) mass is 434 g/mol. The van der Waals surface area contributed by atoms with Crippen LogP contribution < -0.4 is 16.3 Å². The van der Waals surface area contributed by atoms with Crippen LogP contribution in [-0.2, 0) is 11.3 Å². The van der Waals surface area contributed by atoms with Crippen LogP contribution in [0.5, 0.6) is 0 Å².